The highest BCUT2D eigenvalue weighted by molar-refractivity contribution is 7.90. The molecule has 2 aromatic heterocycles. The van der Waals surface area contributed by atoms with Gasteiger partial charge >= 0.3 is 0 Å². The van der Waals surface area contributed by atoms with E-state index in [9.17, 15) is 8.42 Å². The van der Waals surface area contributed by atoms with Crippen molar-refractivity contribution < 1.29 is 12.9 Å². The summed E-state index contributed by atoms with van der Waals surface area (Å²) in [7, 11) is -3.59. The molecule has 6 nitrogen and oxygen atoms in total. The minimum atomic E-state index is -3.59. The fourth-order valence-corrected chi connectivity index (χ4v) is 6.65. The van der Waals surface area contributed by atoms with Gasteiger partial charge in [-0.05, 0) is 64.7 Å². The number of imidazole rings is 1. The van der Waals surface area contributed by atoms with Gasteiger partial charge in [-0.2, -0.15) is 0 Å². The number of hydrogen-bond acceptors (Lipinski definition) is 5. The van der Waals surface area contributed by atoms with Crippen molar-refractivity contribution in [3.8, 4) is 0 Å². The number of fused-ring (bicyclic) bond motifs is 2. The molecule has 0 spiro atoms. The molecule has 2 heterocycles. The minimum absolute atomic E-state index is 0.148. The summed E-state index contributed by atoms with van der Waals surface area (Å²) in [5.74, 6) is 2.54. The maximum atomic E-state index is 13.1. The van der Waals surface area contributed by atoms with Crippen molar-refractivity contribution in [2.75, 3.05) is 0 Å². The number of rotatable bonds is 5. The van der Waals surface area contributed by atoms with Gasteiger partial charge in [-0.3, -0.25) is 0 Å². The van der Waals surface area contributed by atoms with Crippen molar-refractivity contribution in [3.05, 3.63) is 28.9 Å². The summed E-state index contributed by atoms with van der Waals surface area (Å²) in [6, 6.07) is 1.82. The minimum Gasteiger partial charge on any atom is -0.361 e. The Bertz CT molecular complexity index is 928. The summed E-state index contributed by atoms with van der Waals surface area (Å²) in [5, 5.41) is 4.03. The van der Waals surface area contributed by atoms with Gasteiger partial charge in [-0.1, -0.05) is 11.6 Å². The Morgan fingerprint density at radius 1 is 1.27 bits per heavy atom. The SMILES string of the molecule is Cc1cc(CS(=O)(=O)c2nc(C)c(C)n2[C@H](C)[C@H]2C[C@H]3CC[C@H]2C3)no1. The Balaban J connectivity index is 1.69. The molecule has 0 amide bonds. The molecule has 0 aromatic carbocycles. The fourth-order valence-electron chi connectivity index (χ4n) is 5.12. The van der Waals surface area contributed by atoms with Crippen LogP contribution in [0.4, 0.5) is 0 Å². The largest absolute Gasteiger partial charge is 0.361 e. The van der Waals surface area contributed by atoms with E-state index in [1.807, 2.05) is 18.4 Å². The van der Waals surface area contributed by atoms with E-state index in [0.717, 1.165) is 23.2 Å². The highest BCUT2D eigenvalue weighted by Crippen LogP contribution is 2.52. The number of aryl methyl sites for hydroxylation is 2. The molecule has 2 aromatic rings. The Morgan fingerprint density at radius 2 is 2.04 bits per heavy atom. The second-order valence-electron chi connectivity index (χ2n) is 8.20. The van der Waals surface area contributed by atoms with Gasteiger partial charge in [0.2, 0.25) is 15.0 Å². The second kappa shape index (κ2) is 6.22. The Kier molecular flexibility index (Phi) is 4.25. The molecule has 26 heavy (non-hydrogen) atoms. The first-order valence-corrected chi connectivity index (χ1v) is 11.1. The molecule has 2 saturated carbocycles. The molecule has 4 rings (SSSR count). The molecule has 2 fully saturated rings. The normalized spacial score (nSPS) is 26.5. The van der Waals surface area contributed by atoms with Gasteiger partial charge < -0.3 is 9.09 Å². The average molecular weight is 378 g/mol. The van der Waals surface area contributed by atoms with Gasteiger partial charge in [-0.25, -0.2) is 13.4 Å². The lowest BCUT2D eigenvalue weighted by molar-refractivity contribution is 0.231. The summed E-state index contributed by atoms with van der Waals surface area (Å²) in [6.45, 7) is 7.79. The predicted molar refractivity (Wildman–Crippen MR) is 97.5 cm³/mol. The highest BCUT2D eigenvalue weighted by Gasteiger charge is 2.43. The maximum absolute atomic E-state index is 13.1. The molecule has 0 aliphatic heterocycles. The van der Waals surface area contributed by atoms with E-state index >= 15 is 0 Å². The van der Waals surface area contributed by atoms with Gasteiger partial charge in [0.1, 0.15) is 11.5 Å². The summed E-state index contributed by atoms with van der Waals surface area (Å²) in [4.78, 5) is 4.46. The number of sulfone groups is 1. The Morgan fingerprint density at radius 3 is 2.62 bits per heavy atom. The molecule has 2 aliphatic carbocycles. The van der Waals surface area contributed by atoms with Crippen LogP contribution in [-0.4, -0.2) is 23.1 Å². The monoisotopic (exact) mass is 377 g/mol. The first-order valence-electron chi connectivity index (χ1n) is 9.46. The van der Waals surface area contributed by atoms with Crippen LogP contribution in [0.5, 0.6) is 0 Å². The van der Waals surface area contributed by atoms with E-state index in [1.165, 1.54) is 25.7 Å². The van der Waals surface area contributed by atoms with Crippen LogP contribution in [0.2, 0.25) is 0 Å². The first kappa shape index (κ1) is 17.8. The van der Waals surface area contributed by atoms with E-state index in [0.29, 0.717) is 17.4 Å². The van der Waals surface area contributed by atoms with Crippen molar-refractivity contribution in [2.45, 2.75) is 70.3 Å². The number of aromatic nitrogens is 3. The zero-order valence-corrected chi connectivity index (χ0v) is 16.7. The lowest BCUT2D eigenvalue weighted by Gasteiger charge is -2.30. The van der Waals surface area contributed by atoms with E-state index in [4.69, 9.17) is 4.52 Å². The molecule has 0 unspecified atom stereocenters. The highest BCUT2D eigenvalue weighted by atomic mass is 32.2. The Hall–Kier alpha value is -1.63. The standard InChI is InChI=1S/C19H27N3O3S/c1-11-7-17(21-25-11)10-26(23,24)19-20-12(2)13(3)22(19)14(4)18-9-15-5-6-16(18)8-15/h7,14-16,18H,5-6,8-10H2,1-4H3/t14-,15+,16+,18-/m1/s1. The molecular formula is C19H27N3O3S. The zero-order valence-electron chi connectivity index (χ0n) is 15.9. The predicted octanol–water partition coefficient (Wildman–Crippen LogP) is 3.77. The van der Waals surface area contributed by atoms with Crippen molar-refractivity contribution in [1.82, 2.24) is 14.7 Å². The van der Waals surface area contributed by atoms with Crippen LogP contribution in [0, 0.1) is 38.5 Å². The molecule has 2 bridgehead atoms. The summed E-state index contributed by atoms with van der Waals surface area (Å²) in [6.07, 6.45) is 5.14. The lowest BCUT2D eigenvalue weighted by atomic mass is 9.84. The van der Waals surface area contributed by atoms with Crippen LogP contribution < -0.4 is 0 Å². The third-order valence-corrected chi connectivity index (χ3v) is 7.99. The van der Waals surface area contributed by atoms with Crippen molar-refractivity contribution in [1.29, 1.82) is 0 Å². The third-order valence-electron chi connectivity index (χ3n) is 6.47. The fraction of sp³-hybridized carbons (Fsp3) is 0.684. The van der Waals surface area contributed by atoms with Crippen molar-refractivity contribution >= 4 is 9.84 Å². The van der Waals surface area contributed by atoms with Crippen molar-refractivity contribution in [2.24, 2.45) is 17.8 Å². The molecule has 0 saturated heterocycles. The van der Waals surface area contributed by atoms with Gasteiger partial charge in [0.15, 0.2) is 0 Å². The van der Waals surface area contributed by atoms with Gasteiger partial charge in [0.05, 0.1) is 11.4 Å². The molecule has 142 valence electrons. The molecule has 0 radical (unpaired) electrons. The van der Waals surface area contributed by atoms with Crippen LogP contribution in [0.25, 0.3) is 0 Å². The van der Waals surface area contributed by atoms with E-state index in [2.05, 4.69) is 17.1 Å². The number of nitrogens with zero attached hydrogens (tertiary/aromatic N) is 3. The van der Waals surface area contributed by atoms with Crippen LogP contribution >= 0.6 is 0 Å². The molecular weight excluding hydrogens is 350 g/mol. The quantitative estimate of drug-likeness (QED) is 0.792. The van der Waals surface area contributed by atoms with Crippen LogP contribution in [0.15, 0.2) is 15.7 Å². The van der Waals surface area contributed by atoms with E-state index < -0.39 is 9.84 Å². The van der Waals surface area contributed by atoms with Gasteiger partial charge in [0.25, 0.3) is 0 Å². The average Bonchev–Trinajstić information content (AvgIpc) is 3.33. The molecule has 0 N–H and O–H groups in total. The maximum Gasteiger partial charge on any atom is 0.228 e. The topological polar surface area (TPSA) is 78.0 Å². The van der Waals surface area contributed by atoms with E-state index in [1.54, 1.807) is 13.0 Å². The van der Waals surface area contributed by atoms with Gasteiger partial charge in [0, 0.05) is 17.8 Å². The van der Waals surface area contributed by atoms with Crippen LogP contribution in [-0.2, 0) is 15.6 Å². The van der Waals surface area contributed by atoms with Crippen LogP contribution in [0.1, 0.15) is 61.5 Å². The molecule has 2 aliphatic rings. The molecule has 7 heteroatoms. The van der Waals surface area contributed by atoms with Gasteiger partial charge in [-0.15, -0.1) is 0 Å². The Labute approximate surface area is 154 Å². The first-order chi connectivity index (χ1) is 12.3. The summed E-state index contributed by atoms with van der Waals surface area (Å²) in [5.41, 5.74) is 2.17. The third kappa shape index (κ3) is 2.90. The lowest BCUT2D eigenvalue weighted by Crippen LogP contribution is -2.25. The number of hydrogen-bond donors (Lipinski definition) is 0. The zero-order chi connectivity index (χ0) is 18.6. The summed E-state index contributed by atoms with van der Waals surface area (Å²) >= 11 is 0. The molecule has 4 atom stereocenters. The summed E-state index contributed by atoms with van der Waals surface area (Å²) < 4.78 is 33.2. The van der Waals surface area contributed by atoms with Crippen molar-refractivity contribution in [3.63, 3.8) is 0 Å². The smallest absolute Gasteiger partial charge is 0.228 e. The van der Waals surface area contributed by atoms with E-state index in [-0.39, 0.29) is 17.0 Å². The van der Waals surface area contributed by atoms with Crippen LogP contribution in [0.3, 0.4) is 0 Å². The second-order valence-corrected chi connectivity index (χ2v) is 10.1.